The lowest BCUT2D eigenvalue weighted by atomic mass is 10.1. The number of rotatable bonds is 5. The number of hydrogen-bond donors (Lipinski definition) is 1. The highest BCUT2D eigenvalue weighted by Crippen LogP contribution is 2.44. The fraction of sp³-hybridized carbons (Fsp3) is 0.750. The number of methoxy groups -OCH3 is 1. The molecule has 0 bridgehead atoms. The van der Waals surface area contributed by atoms with Gasteiger partial charge >= 0.3 is 0 Å². The lowest BCUT2D eigenvalue weighted by Gasteiger charge is -2.15. The number of nitrogens with zero attached hydrogens (tertiary/aromatic N) is 1. The molecule has 1 saturated carbocycles. The van der Waals surface area contributed by atoms with Crippen molar-refractivity contribution < 1.29 is 4.74 Å². The lowest BCUT2D eigenvalue weighted by molar-refractivity contribution is 0.0643. The van der Waals surface area contributed by atoms with Crippen molar-refractivity contribution >= 4 is 11.3 Å². The van der Waals surface area contributed by atoms with Crippen molar-refractivity contribution in [3.05, 3.63) is 15.6 Å². The molecule has 1 heterocycles. The molecule has 3 nitrogen and oxygen atoms in total. The summed E-state index contributed by atoms with van der Waals surface area (Å²) < 4.78 is 5.52. The van der Waals surface area contributed by atoms with Crippen molar-refractivity contribution in [1.82, 2.24) is 4.98 Å². The van der Waals surface area contributed by atoms with Gasteiger partial charge in [-0.15, -0.1) is 11.3 Å². The van der Waals surface area contributed by atoms with Crippen LogP contribution in [0.1, 0.15) is 54.3 Å². The fourth-order valence-electron chi connectivity index (χ4n) is 1.98. The van der Waals surface area contributed by atoms with Crippen LogP contribution in [0.25, 0.3) is 0 Å². The summed E-state index contributed by atoms with van der Waals surface area (Å²) in [6.07, 6.45) is 2.66. The van der Waals surface area contributed by atoms with Crippen LogP contribution in [0.5, 0.6) is 0 Å². The van der Waals surface area contributed by atoms with E-state index in [9.17, 15) is 0 Å². The summed E-state index contributed by atoms with van der Waals surface area (Å²) in [5.74, 6) is 1.13. The SMILES string of the molecule is COC(c1nc(C2CC2)c(CN)s1)C(C)C. The Kier molecular flexibility index (Phi) is 3.62. The Labute approximate surface area is 101 Å². The molecule has 16 heavy (non-hydrogen) atoms. The zero-order valence-electron chi connectivity index (χ0n) is 10.2. The Morgan fingerprint density at radius 1 is 1.50 bits per heavy atom. The zero-order valence-corrected chi connectivity index (χ0v) is 11.0. The third kappa shape index (κ3) is 2.29. The van der Waals surface area contributed by atoms with Gasteiger partial charge < -0.3 is 10.5 Å². The lowest BCUT2D eigenvalue weighted by Crippen LogP contribution is -2.08. The van der Waals surface area contributed by atoms with Gasteiger partial charge in [0.15, 0.2) is 0 Å². The number of thiazole rings is 1. The van der Waals surface area contributed by atoms with E-state index in [1.54, 1.807) is 18.4 Å². The van der Waals surface area contributed by atoms with E-state index in [1.807, 2.05) is 0 Å². The van der Waals surface area contributed by atoms with Crippen LogP contribution < -0.4 is 5.73 Å². The average molecular weight is 240 g/mol. The third-order valence-electron chi connectivity index (χ3n) is 3.00. The summed E-state index contributed by atoms with van der Waals surface area (Å²) in [6, 6.07) is 0. The summed E-state index contributed by atoms with van der Waals surface area (Å²) in [4.78, 5) is 6.00. The first-order valence-corrected chi connectivity index (χ1v) is 6.71. The summed E-state index contributed by atoms with van der Waals surface area (Å²) in [5, 5.41) is 1.10. The van der Waals surface area contributed by atoms with Gasteiger partial charge in [-0.25, -0.2) is 4.98 Å². The first kappa shape index (κ1) is 12.0. The molecule has 1 aromatic heterocycles. The van der Waals surface area contributed by atoms with Crippen molar-refractivity contribution in [2.75, 3.05) is 7.11 Å². The van der Waals surface area contributed by atoms with Crippen molar-refractivity contribution in [1.29, 1.82) is 0 Å². The molecule has 1 atom stereocenters. The van der Waals surface area contributed by atoms with E-state index in [-0.39, 0.29) is 6.10 Å². The average Bonchev–Trinajstić information content (AvgIpc) is 3.00. The highest BCUT2D eigenvalue weighted by Gasteiger charge is 2.31. The Hall–Kier alpha value is -0.450. The first-order valence-electron chi connectivity index (χ1n) is 5.89. The molecule has 0 saturated heterocycles. The van der Waals surface area contributed by atoms with Gasteiger partial charge in [0.1, 0.15) is 11.1 Å². The van der Waals surface area contributed by atoms with E-state index in [0.29, 0.717) is 18.4 Å². The van der Waals surface area contributed by atoms with Crippen molar-refractivity contribution in [2.45, 2.75) is 45.3 Å². The van der Waals surface area contributed by atoms with Gasteiger partial charge in [0, 0.05) is 24.4 Å². The van der Waals surface area contributed by atoms with Crippen LogP contribution in [0.3, 0.4) is 0 Å². The minimum atomic E-state index is 0.114. The topological polar surface area (TPSA) is 48.1 Å². The summed E-state index contributed by atoms with van der Waals surface area (Å²) >= 11 is 1.73. The summed E-state index contributed by atoms with van der Waals surface area (Å²) in [6.45, 7) is 4.93. The number of nitrogens with two attached hydrogens (primary N) is 1. The molecule has 2 rings (SSSR count). The maximum atomic E-state index is 5.78. The zero-order chi connectivity index (χ0) is 11.7. The van der Waals surface area contributed by atoms with E-state index >= 15 is 0 Å². The molecule has 0 aliphatic heterocycles. The molecule has 1 unspecified atom stereocenters. The van der Waals surface area contributed by atoms with Gasteiger partial charge in [-0.3, -0.25) is 0 Å². The second kappa shape index (κ2) is 4.82. The van der Waals surface area contributed by atoms with Gasteiger partial charge in [0.2, 0.25) is 0 Å². The number of hydrogen-bond acceptors (Lipinski definition) is 4. The second-order valence-corrected chi connectivity index (χ2v) is 5.85. The Morgan fingerprint density at radius 2 is 2.19 bits per heavy atom. The largest absolute Gasteiger partial charge is 0.374 e. The molecule has 0 radical (unpaired) electrons. The Morgan fingerprint density at radius 3 is 2.62 bits per heavy atom. The van der Waals surface area contributed by atoms with Crippen molar-refractivity contribution in [2.24, 2.45) is 11.7 Å². The van der Waals surface area contributed by atoms with E-state index in [1.165, 1.54) is 23.4 Å². The summed E-state index contributed by atoms with van der Waals surface area (Å²) in [7, 11) is 1.75. The minimum Gasteiger partial charge on any atom is -0.374 e. The molecule has 1 aliphatic carbocycles. The third-order valence-corrected chi connectivity index (χ3v) is 4.15. The fourth-order valence-corrected chi connectivity index (χ4v) is 3.27. The smallest absolute Gasteiger partial charge is 0.122 e. The van der Waals surface area contributed by atoms with Crippen LogP contribution in [0.4, 0.5) is 0 Å². The Balaban J connectivity index is 2.26. The molecule has 0 spiro atoms. The second-order valence-electron chi connectivity index (χ2n) is 4.74. The maximum Gasteiger partial charge on any atom is 0.122 e. The van der Waals surface area contributed by atoms with Gasteiger partial charge in [0.25, 0.3) is 0 Å². The molecule has 2 N–H and O–H groups in total. The van der Waals surface area contributed by atoms with Crippen molar-refractivity contribution in [3.8, 4) is 0 Å². The molecule has 1 aliphatic rings. The highest BCUT2D eigenvalue weighted by atomic mass is 32.1. The van der Waals surface area contributed by atoms with Crippen LogP contribution in [0, 0.1) is 5.92 Å². The molecule has 4 heteroatoms. The van der Waals surface area contributed by atoms with E-state index in [2.05, 4.69) is 13.8 Å². The van der Waals surface area contributed by atoms with Crippen molar-refractivity contribution in [3.63, 3.8) is 0 Å². The minimum absolute atomic E-state index is 0.114. The quantitative estimate of drug-likeness (QED) is 0.861. The summed E-state index contributed by atoms with van der Waals surface area (Å²) in [5.41, 5.74) is 7.02. The normalized spacial score (nSPS) is 18.1. The predicted molar refractivity (Wildman–Crippen MR) is 66.6 cm³/mol. The number of aromatic nitrogens is 1. The van der Waals surface area contributed by atoms with Gasteiger partial charge in [-0.2, -0.15) is 0 Å². The molecule has 1 fully saturated rings. The number of ether oxygens (including phenoxy) is 1. The highest BCUT2D eigenvalue weighted by molar-refractivity contribution is 7.11. The molecule has 0 amide bonds. The van der Waals surface area contributed by atoms with Gasteiger partial charge in [0.05, 0.1) is 5.69 Å². The molecule has 0 aromatic carbocycles. The molecule has 90 valence electrons. The van der Waals surface area contributed by atoms with E-state index in [0.717, 1.165) is 5.01 Å². The molecule has 1 aromatic rings. The van der Waals surface area contributed by atoms with Crippen LogP contribution in [-0.4, -0.2) is 12.1 Å². The maximum absolute atomic E-state index is 5.78. The van der Waals surface area contributed by atoms with Gasteiger partial charge in [-0.05, 0) is 18.8 Å². The Bertz CT molecular complexity index is 358. The molecular weight excluding hydrogens is 220 g/mol. The van der Waals surface area contributed by atoms with Crippen LogP contribution >= 0.6 is 11.3 Å². The van der Waals surface area contributed by atoms with Crippen LogP contribution in [0.2, 0.25) is 0 Å². The van der Waals surface area contributed by atoms with E-state index in [4.69, 9.17) is 15.5 Å². The molecular formula is C12H20N2OS. The standard InChI is InChI=1S/C12H20N2OS/c1-7(2)11(15-3)12-14-10(8-4-5-8)9(6-13)16-12/h7-8,11H,4-6,13H2,1-3H3. The predicted octanol–water partition coefficient (Wildman–Crippen LogP) is 2.82. The van der Waals surface area contributed by atoms with Crippen LogP contribution in [-0.2, 0) is 11.3 Å². The van der Waals surface area contributed by atoms with Gasteiger partial charge in [-0.1, -0.05) is 13.8 Å². The first-order chi connectivity index (χ1) is 7.67. The van der Waals surface area contributed by atoms with Crippen LogP contribution in [0.15, 0.2) is 0 Å². The van der Waals surface area contributed by atoms with E-state index < -0.39 is 0 Å². The monoisotopic (exact) mass is 240 g/mol.